The minimum absolute atomic E-state index is 0.00572. The van der Waals surface area contributed by atoms with Crippen LogP contribution in [-0.4, -0.2) is 70.9 Å². The minimum Gasteiger partial charge on any atom is -0.477 e. The molecule has 0 aliphatic carbocycles. The molecule has 2 aliphatic heterocycles. The topological polar surface area (TPSA) is 66.8 Å². The average Bonchev–Trinajstić information content (AvgIpc) is 3.11. The number of halogens is 1. The van der Waals surface area contributed by atoms with E-state index >= 15 is 0 Å². The second-order valence-electron chi connectivity index (χ2n) is 7.59. The van der Waals surface area contributed by atoms with Gasteiger partial charge in [-0.05, 0) is 31.2 Å². The molecule has 0 aromatic heterocycles. The van der Waals surface area contributed by atoms with Crippen molar-refractivity contribution in [2.24, 2.45) is 0 Å². The van der Waals surface area contributed by atoms with Gasteiger partial charge >= 0.3 is 11.9 Å². The number of esters is 1. The van der Waals surface area contributed by atoms with Gasteiger partial charge in [-0.25, -0.2) is 9.59 Å². The van der Waals surface area contributed by atoms with Crippen LogP contribution in [0.3, 0.4) is 0 Å². The molecule has 158 valence electrons. The van der Waals surface area contributed by atoms with E-state index in [4.69, 9.17) is 16.3 Å². The number of hydrogen-bond donors (Lipinski definition) is 1. The van der Waals surface area contributed by atoms with Crippen molar-refractivity contribution in [1.82, 2.24) is 4.90 Å². The highest BCUT2D eigenvalue weighted by molar-refractivity contribution is 8.25. The Kier molecular flexibility index (Phi) is 7.22. The second-order valence-corrected chi connectivity index (χ2v) is 10.5. The molecule has 0 saturated carbocycles. The molecule has 0 amide bonds. The summed E-state index contributed by atoms with van der Waals surface area (Å²) in [5, 5.41) is 10.7. The molecule has 1 aromatic carbocycles. The summed E-state index contributed by atoms with van der Waals surface area (Å²) >= 11 is 8.85. The Labute approximate surface area is 184 Å². The number of likely N-dealkylation sites (N-methyl/N-ethyl adjacent to an activating group) is 2. The number of benzene rings is 1. The van der Waals surface area contributed by atoms with Crippen LogP contribution in [0.25, 0.3) is 0 Å². The molecule has 6 nitrogen and oxygen atoms in total. The first-order valence-electron chi connectivity index (χ1n) is 9.52. The number of ether oxygens (including phenoxy) is 1. The van der Waals surface area contributed by atoms with E-state index in [1.165, 1.54) is 23.5 Å². The van der Waals surface area contributed by atoms with Crippen LogP contribution in [0, 0.1) is 0 Å². The number of hydrogen-bond acceptors (Lipinski definition) is 6. The average molecular weight is 458 g/mol. The van der Waals surface area contributed by atoms with Gasteiger partial charge in [0.2, 0.25) is 0 Å². The van der Waals surface area contributed by atoms with Gasteiger partial charge in [-0.3, -0.25) is 4.90 Å². The van der Waals surface area contributed by atoms with Crippen LogP contribution in [0.5, 0.6) is 0 Å². The quantitative estimate of drug-likeness (QED) is 0.230. The Morgan fingerprint density at radius 2 is 2.00 bits per heavy atom. The van der Waals surface area contributed by atoms with E-state index in [1.807, 2.05) is 0 Å². The fraction of sp³-hybridized carbons (Fsp3) is 0.500. The first kappa shape index (κ1) is 22.5. The van der Waals surface area contributed by atoms with Crippen molar-refractivity contribution in [3.63, 3.8) is 0 Å². The Bertz CT molecular complexity index is 817. The summed E-state index contributed by atoms with van der Waals surface area (Å²) in [7, 11) is 4.28. The molecular formula is C20H26ClN2O4S2+. The maximum Gasteiger partial charge on any atom is 0.347 e. The zero-order valence-corrected chi connectivity index (χ0v) is 19.1. The summed E-state index contributed by atoms with van der Waals surface area (Å²) < 4.78 is 6.74. The van der Waals surface area contributed by atoms with Gasteiger partial charge in [0, 0.05) is 11.6 Å². The largest absolute Gasteiger partial charge is 0.477 e. The van der Waals surface area contributed by atoms with Crippen LogP contribution < -0.4 is 0 Å². The van der Waals surface area contributed by atoms with Gasteiger partial charge in [0.05, 0.1) is 24.4 Å². The molecule has 3 unspecified atom stereocenters. The van der Waals surface area contributed by atoms with Gasteiger partial charge in [-0.2, -0.15) is 0 Å². The molecule has 3 atom stereocenters. The zero-order valence-electron chi connectivity index (χ0n) is 16.8. The van der Waals surface area contributed by atoms with Gasteiger partial charge in [0.25, 0.3) is 0 Å². The smallest absolute Gasteiger partial charge is 0.347 e. The zero-order chi connectivity index (χ0) is 21.2. The van der Waals surface area contributed by atoms with E-state index in [9.17, 15) is 14.7 Å². The van der Waals surface area contributed by atoms with Gasteiger partial charge < -0.3 is 14.3 Å². The van der Waals surface area contributed by atoms with E-state index in [-0.39, 0.29) is 22.9 Å². The number of carboxylic acids is 1. The van der Waals surface area contributed by atoms with Crippen molar-refractivity contribution in [3.05, 3.63) is 44.7 Å². The predicted molar refractivity (Wildman–Crippen MR) is 118 cm³/mol. The second kappa shape index (κ2) is 9.31. The van der Waals surface area contributed by atoms with Crippen molar-refractivity contribution in [2.45, 2.75) is 30.7 Å². The molecule has 1 aromatic rings. The minimum atomic E-state index is -1.24. The number of thioether (sulfide) groups is 2. The van der Waals surface area contributed by atoms with Gasteiger partial charge in [-0.1, -0.05) is 54.2 Å². The summed E-state index contributed by atoms with van der Waals surface area (Å²) in [6.07, 6.45) is 1.06. The summed E-state index contributed by atoms with van der Waals surface area (Å²) in [4.78, 5) is 26.8. The Balaban J connectivity index is 1.81. The number of fused-ring (bicyclic) bond motifs is 1. The standard InChI is InChI=1S/C20H25ClN2O4S2/c1-4-10-23(3)11-9-22(2)16-17(23)29-20(28-16)15(18(24)25)19(26)27-12-13-5-7-14(21)8-6-13/h5-8,16-17H,4,9-12H2,1-3H3/p+1. The third kappa shape index (κ3) is 4.94. The first-order chi connectivity index (χ1) is 13.7. The van der Waals surface area contributed by atoms with E-state index in [0.29, 0.717) is 9.26 Å². The predicted octanol–water partition coefficient (Wildman–Crippen LogP) is 3.61. The van der Waals surface area contributed by atoms with Crippen molar-refractivity contribution < 1.29 is 23.9 Å². The van der Waals surface area contributed by atoms with Gasteiger partial charge in [0.1, 0.15) is 12.0 Å². The molecular weight excluding hydrogens is 432 g/mol. The summed E-state index contributed by atoms with van der Waals surface area (Å²) in [6.45, 7) is 5.15. The summed E-state index contributed by atoms with van der Waals surface area (Å²) in [6, 6.07) is 6.91. The van der Waals surface area contributed by atoms with Crippen molar-refractivity contribution >= 4 is 47.1 Å². The highest BCUT2D eigenvalue weighted by Crippen LogP contribution is 2.53. The number of carbonyl (C=O) groups excluding carboxylic acids is 1. The van der Waals surface area contributed by atoms with E-state index in [2.05, 4.69) is 25.9 Å². The SMILES string of the molecule is CCC[N+]1(C)CCN(C)C2SC(=C(C(=O)O)C(=O)OCc3ccc(Cl)cc3)SC21. The molecule has 2 aliphatic rings. The third-order valence-corrected chi connectivity index (χ3v) is 9.06. The van der Waals surface area contributed by atoms with Crippen LogP contribution in [-0.2, 0) is 20.9 Å². The molecule has 0 bridgehead atoms. The Morgan fingerprint density at radius 1 is 1.31 bits per heavy atom. The monoisotopic (exact) mass is 457 g/mol. The Hall–Kier alpha value is -1.19. The fourth-order valence-corrected chi connectivity index (χ4v) is 7.45. The molecule has 2 saturated heterocycles. The molecule has 2 heterocycles. The van der Waals surface area contributed by atoms with Crippen LogP contribution >= 0.6 is 35.1 Å². The van der Waals surface area contributed by atoms with Crippen LogP contribution in [0.2, 0.25) is 5.02 Å². The fourth-order valence-electron chi connectivity index (χ4n) is 3.67. The molecule has 1 N–H and O–H groups in total. The molecule has 0 spiro atoms. The number of nitrogens with zero attached hydrogens (tertiary/aromatic N) is 2. The van der Waals surface area contributed by atoms with E-state index in [1.54, 1.807) is 24.3 Å². The summed E-state index contributed by atoms with van der Waals surface area (Å²) in [5.41, 5.74) is 0.490. The number of piperazine rings is 1. The number of aliphatic carboxylic acids is 1. The van der Waals surface area contributed by atoms with E-state index < -0.39 is 11.9 Å². The third-order valence-electron chi connectivity index (χ3n) is 5.35. The van der Waals surface area contributed by atoms with Crippen molar-refractivity contribution in [2.75, 3.05) is 33.7 Å². The molecule has 2 fully saturated rings. The van der Waals surface area contributed by atoms with Crippen LogP contribution in [0.15, 0.2) is 34.1 Å². The number of carbonyl (C=O) groups is 2. The van der Waals surface area contributed by atoms with Crippen LogP contribution in [0.1, 0.15) is 18.9 Å². The van der Waals surface area contributed by atoms with E-state index in [0.717, 1.165) is 36.1 Å². The highest BCUT2D eigenvalue weighted by atomic mass is 35.5. The lowest BCUT2D eigenvalue weighted by molar-refractivity contribution is -0.924. The lowest BCUT2D eigenvalue weighted by Gasteiger charge is -2.47. The number of rotatable bonds is 6. The number of quaternary nitrogens is 1. The van der Waals surface area contributed by atoms with Gasteiger partial charge in [0.15, 0.2) is 10.9 Å². The first-order valence-corrected chi connectivity index (χ1v) is 11.7. The van der Waals surface area contributed by atoms with Crippen molar-refractivity contribution in [1.29, 1.82) is 0 Å². The lowest BCUT2D eigenvalue weighted by Crippen LogP contribution is -2.64. The Morgan fingerprint density at radius 3 is 2.62 bits per heavy atom. The lowest BCUT2D eigenvalue weighted by atomic mass is 10.2. The molecule has 3 rings (SSSR count). The maximum absolute atomic E-state index is 12.7. The molecule has 0 radical (unpaired) electrons. The van der Waals surface area contributed by atoms with Crippen LogP contribution in [0.4, 0.5) is 0 Å². The van der Waals surface area contributed by atoms with Crippen molar-refractivity contribution in [3.8, 4) is 0 Å². The highest BCUT2D eigenvalue weighted by Gasteiger charge is 2.51. The number of carboxylic acid groups (broad SMARTS) is 1. The maximum atomic E-state index is 12.7. The molecule has 9 heteroatoms. The van der Waals surface area contributed by atoms with Gasteiger partial charge in [-0.15, -0.1) is 0 Å². The molecule has 29 heavy (non-hydrogen) atoms. The summed E-state index contributed by atoms with van der Waals surface area (Å²) in [5.74, 6) is -2.04. The normalized spacial score (nSPS) is 28.7.